The minimum atomic E-state index is 0.378. The molecular weight excluding hydrogens is 404 g/mol. The Morgan fingerprint density at radius 2 is 1.83 bits per heavy atom. The van der Waals surface area contributed by atoms with Gasteiger partial charge in [-0.1, -0.05) is 47.6 Å². The van der Waals surface area contributed by atoms with Crippen molar-refractivity contribution in [2.45, 2.75) is 30.6 Å². The number of nitrogen functional groups attached to an aromatic ring is 1. The molecule has 1 fully saturated rings. The number of likely N-dealkylation sites (tertiary alicyclic amines) is 1. The van der Waals surface area contributed by atoms with Gasteiger partial charge in [0.05, 0.1) is 16.3 Å². The number of thioether (sulfide) groups is 1. The molecule has 29 heavy (non-hydrogen) atoms. The van der Waals surface area contributed by atoms with E-state index < -0.39 is 0 Å². The highest BCUT2D eigenvalue weighted by Gasteiger charge is 2.39. The van der Waals surface area contributed by atoms with E-state index in [0.717, 1.165) is 30.8 Å². The van der Waals surface area contributed by atoms with E-state index in [1.807, 2.05) is 0 Å². The number of nitrogens with two attached hydrogens (primary N) is 3. The van der Waals surface area contributed by atoms with Crippen LogP contribution in [0.5, 0.6) is 0 Å². The second-order valence-corrected chi connectivity index (χ2v) is 9.29. The van der Waals surface area contributed by atoms with Gasteiger partial charge in [-0.3, -0.25) is 0 Å². The van der Waals surface area contributed by atoms with Gasteiger partial charge in [-0.2, -0.15) is 0 Å². The summed E-state index contributed by atoms with van der Waals surface area (Å²) in [6.45, 7) is 1.83. The molecule has 2 aromatic rings. The Labute approximate surface area is 180 Å². The Morgan fingerprint density at radius 3 is 2.48 bits per heavy atom. The highest BCUT2D eigenvalue weighted by atomic mass is 35.5. The molecule has 0 amide bonds. The third kappa shape index (κ3) is 4.46. The van der Waals surface area contributed by atoms with Gasteiger partial charge in [0, 0.05) is 24.2 Å². The number of aliphatic imine (C=N–C) groups is 1. The fourth-order valence-corrected chi connectivity index (χ4v) is 5.12. The Bertz CT molecular complexity index is 938. The molecule has 0 saturated carbocycles. The van der Waals surface area contributed by atoms with Crippen molar-refractivity contribution in [3.8, 4) is 0 Å². The lowest BCUT2D eigenvalue weighted by Gasteiger charge is -2.39. The summed E-state index contributed by atoms with van der Waals surface area (Å²) in [4.78, 5) is 11.2. The Hall–Kier alpha value is -2.38. The quantitative estimate of drug-likeness (QED) is 0.393. The number of halogens is 1. The van der Waals surface area contributed by atoms with E-state index in [9.17, 15) is 0 Å². The number of hydrogen-bond acceptors (Lipinski definition) is 5. The number of pyridine rings is 1. The van der Waals surface area contributed by atoms with Crippen molar-refractivity contribution in [3.63, 3.8) is 0 Å². The number of nitrogens with zero attached hydrogens (tertiary/aromatic N) is 3. The highest BCUT2D eigenvalue weighted by Crippen LogP contribution is 2.44. The van der Waals surface area contributed by atoms with Crippen LogP contribution in [0.25, 0.3) is 0 Å². The molecule has 2 heterocycles. The first-order chi connectivity index (χ1) is 13.9. The van der Waals surface area contributed by atoms with Crippen LogP contribution in [0.2, 0.25) is 5.02 Å². The number of aromatic nitrogens is 1. The van der Waals surface area contributed by atoms with Crippen LogP contribution < -0.4 is 17.2 Å². The van der Waals surface area contributed by atoms with Crippen LogP contribution in [0, 0.1) is 5.41 Å². The van der Waals surface area contributed by atoms with E-state index >= 15 is 0 Å². The Balaban J connectivity index is 1.36. The average molecular weight is 429 g/mol. The van der Waals surface area contributed by atoms with E-state index in [1.54, 1.807) is 12.3 Å². The molecule has 0 bridgehead atoms. The van der Waals surface area contributed by atoms with Crippen molar-refractivity contribution in [2.75, 3.05) is 18.8 Å². The van der Waals surface area contributed by atoms with Gasteiger partial charge in [0.2, 0.25) is 0 Å². The normalized spacial score (nSPS) is 18.9. The fourth-order valence-electron chi connectivity index (χ4n) is 4.21. The van der Waals surface area contributed by atoms with Gasteiger partial charge in [-0.25, -0.2) is 9.98 Å². The summed E-state index contributed by atoms with van der Waals surface area (Å²) in [5, 5.41) is 0.983. The number of fused-ring (bicyclic) bond motifs is 1. The Kier molecular flexibility index (Phi) is 5.61. The van der Waals surface area contributed by atoms with Gasteiger partial charge >= 0.3 is 0 Å². The summed E-state index contributed by atoms with van der Waals surface area (Å²) in [5.74, 6) is 0.892. The first-order valence-electron chi connectivity index (χ1n) is 9.64. The van der Waals surface area contributed by atoms with Crippen molar-refractivity contribution in [2.24, 2.45) is 21.9 Å². The predicted molar refractivity (Wildman–Crippen MR) is 120 cm³/mol. The predicted octanol–water partition coefficient (Wildman–Crippen LogP) is 3.36. The lowest BCUT2D eigenvalue weighted by molar-refractivity contribution is 0.157. The SMILES string of the molecule is NC(=N/C=C(\N)Sc1cc(N)ncc1Cl)N1CCC2(CC1)Cc1ccccc1C2. The molecule has 6 nitrogen and oxygen atoms in total. The van der Waals surface area contributed by atoms with Crippen molar-refractivity contribution in [3.05, 3.63) is 63.9 Å². The standard InChI is InChI=1S/C21H25ClN6S/c22-16-12-26-18(23)9-17(16)29-19(24)13-27-20(25)28-7-5-21(6-8-28)10-14-3-1-2-4-15(14)11-21/h1-4,9,12-13H,5-8,10-11,24H2,(H2,23,26)(H2,25,27)/b19-13+. The Morgan fingerprint density at radius 1 is 1.17 bits per heavy atom. The van der Waals surface area contributed by atoms with Crippen LogP contribution in [0.4, 0.5) is 5.82 Å². The lowest BCUT2D eigenvalue weighted by Crippen LogP contribution is -2.46. The third-order valence-corrected chi connectivity index (χ3v) is 7.10. The molecule has 0 radical (unpaired) electrons. The van der Waals surface area contributed by atoms with Gasteiger partial charge in [0.15, 0.2) is 5.96 Å². The van der Waals surface area contributed by atoms with Gasteiger partial charge < -0.3 is 22.1 Å². The molecule has 1 saturated heterocycles. The van der Waals surface area contributed by atoms with Crippen molar-refractivity contribution >= 4 is 35.1 Å². The first-order valence-corrected chi connectivity index (χ1v) is 10.8. The van der Waals surface area contributed by atoms with Crippen LogP contribution in [-0.2, 0) is 12.8 Å². The van der Waals surface area contributed by atoms with Crippen molar-refractivity contribution in [1.29, 1.82) is 0 Å². The number of benzene rings is 1. The molecule has 2 aliphatic rings. The summed E-state index contributed by atoms with van der Waals surface area (Å²) in [7, 11) is 0. The molecule has 0 atom stereocenters. The van der Waals surface area contributed by atoms with E-state index in [-0.39, 0.29) is 0 Å². The maximum atomic E-state index is 6.23. The summed E-state index contributed by atoms with van der Waals surface area (Å²) < 4.78 is 0. The van der Waals surface area contributed by atoms with Gasteiger partial charge in [0.25, 0.3) is 0 Å². The second kappa shape index (κ2) is 8.16. The number of anilines is 1. The fraction of sp³-hybridized carbons (Fsp3) is 0.333. The summed E-state index contributed by atoms with van der Waals surface area (Å²) in [6.07, 6.45) is 7.67. The number of rotatable bonds is 3. The van der Waals surface area contributed by atoms with Crippen LogP contribution in [0.3, 0.4) is 0 Å². The minimum Gasteiger partial charge on any atom is -0.392 e. The largest absolute Gasteiger partial charge is 0.392 e. The number of piperidine rings is 1. The molecule has 0 unspecified atom stereocenters. The molecule has 1 spiro atoms. The lowest BCUT2D eigenvalue weighted by atomic mass is 9.76. The van der Waals surface area contributed by atoms with Crippen LogP contribution in [0.1, 0.15) is 24.0 Å². The van der Waals surface area contributed by atoms with E-state index in [2.05, 4.69) is 39.1 Å². The molecular formula is C21H25ClN6S. The number of hydrogen-bond donors (Lipinski definition) is 3. The summed E-state index contributed by atoms with van der Waals surface area (Å²) in [5.41, 5.74) is 21.4. The molecule has 1 aliphatic heterocycles. The molecule has 1 aromatic heterocycles. The van der Waals surface area contributed by atoms with E-state index in [4.69, 9.17) is 28.8 Å². The summed E-state index contributed by atoms with van der Waals surface area (Å²) in [6, 6.07) is 10.5. The topological polar surface area (TPSA) is 107 Å². The zero-order chi connectivity index (χ0) is 20.4. The van der Waals surface area contributed by atoms with Crippen molar-refractivity contribution in [1.82, 2.24) is 9.88 Å². The van der Waals surface area contributed by atoms with Gasteiger partial charge in [-0.15, -0.1) is 0 Å². The molecule has 4 rings (SSSR count). The minimum absolute atomic E-state index is 0.378. The monoisotopic (exact) mass is 428 g/mol. The molecule has 1 aliphatic carbocycles. The van der Waals surface area contributed by atoms with Crippen molar-refractivity contribution < 1.29 is 0 Å². The third-order valence-electron chi connectivity index (χ3n) is 5.79. The van der Waals surface area contributed by atoms with Crippen LogP contribution in [0.15, 0.2) is 57.6 Å². The van der Waals surface area contributed by atoms with Crippen LogP contribution >= 0.6 is 23.4 Å². The highest BCUT2D eigenvalue weighted by molar-refractivity contribution is 8.03. The molecule has 6 N–H and O–H groups in total. The zero-order valence-corrected chi connectivity index (χ0v) is 17.7. The average Bonchev–Trinajstić information content (AvgIpc) is 3.07. The molecule has 152 valence electrons. The van der Waals surface area contributed by atoms with Gasteiger partial charge in [0.1, 0.15) is 5.82 Å². The molecule has 1 aromatic carbocycles. The van der Waals surface area contributed by atoms with E-state index in [0.29, 0.717) is 27.2 Å². The summed E-state index contributed by atoms with van der Waals surface area (Å²) >= 11 is 7.41. The first kappa shape index (κ1) is 19.9. The second-order valence-electron chi connectivity index (χ2n) is 7.77. The molecule has 8 heteroatoms. The van der Waals surface area contributed by atoms with Gasteiger partial charge in [-0.05, 0) is 48.3 Å². The maximum absolute atomic E-state index is 6.23. The maximum Gasteiger partial charge on any atom is 0.195 e. The smallest absolute Gasteiger partial charge is 0.195 e. The van der Waals surface area contributed by atoms with Crippen LogP contribution in [-0.4, -0.2) is 28.9 Å². The van der Waals surface area contributed by atoms with E-state index in [1.165, 1.54) is 41.9 Å². The number of guanidine groups is 1. The zero-order valence-electron chi connectivity index (χ0n) is 16.1.